The molecular weight excluding hydrogens is 238 g/mol. The minimum Gasteiger partial charge on any atom is -0.336 e. The van der Waals surface area contributed by atoms with Gasteiger partial charge in [-0.05, 0) is 13.3 Å². The maximum absolute atomic E-state index is 11.6. The molecule has 0 spiro atoms. The normalized spacial score (nSPS) is 11.9. The van der Waals surface area contributed by atoms with Crippen molar-refractivity contribution in [3.8, 4) is 0 Å². The number of halogens is 1. The first kappa shape index (κ1) is 12.5. The molecule has 1 heterocycles. The number of nitrogens with one attached hydrogen (secondary N) is 1. The minimum absolute atomic E-state index is 0.0546. The fourth-order valence-electron chi connectivity index (χ4n) is 0.999. The average Bonchev–Trinajstić information content (AvgIpc) is 2.66. The summed E-state index contributed by atoms with van der Waals surface area (Å²) >= 11 is 5.45. The van der Waals surface area contributed by atoms with Crippen molar-refractivity contribution >= 4 is 21.6 Å². The number of rotatable bonds is 6. The highest BCUT2D eigenvalue weighted by molar-refractivity contribution is 7.89. The van der Waals surface area contributed by atoms with E-state index in [-0.39, 0.29) is 5.03 Å². The molecule has 1 aromatic rings. The predicted octanol–water partition coefficient (Wildman–Crippen LogP) is 0.810. The zero-order valence-electron chi connectivity index (χ0n) is 8.48. The third-order valence-electron chi connectivity index (χ3n) is 1.85. The standard InChI is InChI=1S/C8H14ClN3O2S/c1-2-12-6-8(10-7-12)15(13,14)11-5-3-4-9/h6-7,11H,2-5H2,1H3. The van der Waals surface area contributed by atoms with Gasteiger partial charge in [-0.15, -0.1) is 11.6 Å². The van der Waals surface area contributed by atoms with Gasteiger partial charge in [-0.1, -0.05) is 0 Å². The number of hydrogen-bond acceptors (Lipinski definition) is 3. The van der Waals surface area contributed by atoms with Crippen LogP contribution >= 0.6 is 11.6 Å². The summed E-state index contributed by atoms with van der Waals surface area (Å²) in [6, 6.07) is 0. The average molecular weight is 252 g/mol. The maximum atomic E-state index is 11.6. The van der Waals surface area contributed by atoms with E-state index in [0.29, 0.717) is 25.4 Å². The van der Waals surface area contributed by atoms with Crippen LogP contribution in [0.2, 0.25) is 0 Å². The van der Waals surface area contributed by atoms with Crippen LogP contribution in [0.4, 0.5) is 0 Å². The van der Waals surface area contributed by atoms with Crippen LogP contribution in [0.25, 0.3) is 0 Å². The quantitative estimate of drug-likeness (QED) is 0.601. The van der Waals surface area contributed by atoms with Crippen LogP contribution in [0.3, 0.4) is 0 Å². The van der Waals surface area contributed by atoms with Gasteiger partial charge in [-0.2, -0.15) is 0 Å². The molecule has 15 heavy (non-hydrogen) atoms. The molecule has 0 atom stereocenters. The van der Waals surface area contributed by atoms with Gasteiger partial charge in [0.25, 0.3) is 10.0 Å². The summed E-state index contributed by atoms with van der Waals surface area (Å²) < 4.78 is 27.3. The zero-order chi connectivity index (χ0) is 11.3. The number of alkyl halides is 1. The van der Waals surface area contributed by atoms with Crippen LogP contribution in [0.5, 0.6) is 0 Å². The summed E-state index contributed by atoms with van der Waals surface area (Å²) in [4.78, 5) is 3.82. The second-order valence-corrected chi connectivity index (χ2v) is 5.07. The highest BCUT2D eigenvalue weighted by Gasteiger charge is 2.15. The van der Waals surface area contributed by atoms with Gasteiger partial charge in [0.2, 0.25) is 0 Å². The van der Waals surface area contributed by atoms with Crippen LogP contribution < -0.4 is 4.72 Å². The number of nitrogens with zero attached hydrogens (tertiary/aromatic N) is 2. The summed E-state index contributed by atoms with van der Waals surface area (Å²) in [7, 11) is -3.46. The number of aromatic nitrogens is 2. The molecule has 0 saturated heterocycles. The van der Waals surface area contributed by atoms with E-state index in [0.717, 1.165) is 0 Å². The molecule has 0 aliphatic heterocycles. The highest BCUT2D eigenvalue weighted by Crippen LogP contribution is 2.04. The van der Waals surface area contributed by atoms with E-state index >= 15 is 0 Å². The van der Waals surface area contributed by atoms with E-state index in [4.69, 9.17) is 11.6 Å². The van der Waals surface area contributed by atoms with Crippen molar-refractivity contribution in [2.45, 2.75) is 24.9 Å². The van der Waals surface area contributed by atoms with Crippen LogP contribution in [-0.2, 0) is 16.6 Å². The van der Waals surface area contributed by atoms with Gasteiger partial charge in [0.15, 0.2) is 5.03 Å². The Morgan fingerprint density at radius 2 is 2.33 bits per heavy atom. The van der Waals surface area contributed by atoms with Gasteiger partial charge in [0.1, 0.15) is 0 Å². The molecule has 1 N–H and O–H groups in total. The number of hydrogen-bond donors (Lipinski definition) is 1. The van der Waals surface area contributed by atoms with Crippen molar-refractivity contribution < 1.29 is 8.42 Å². The zero-order valence-corrected chi connectivity index (χ0v) is 10.1. The fourth-order valence-corrected chi connectivity index (χ4v) is 2.15. The summed E-state index contributed by atoms with van der Waals surface area (Å²) in [5.41, 5.74) is 0. The number of sulfonamides is 1. The lowest BCUT2D eigenvalue weighted by Gasteiger charge is -2.01. The largest absolute Gasteiger partial charge is 0.336 e. The summed E-state index contributed by atoms with van der Waals surface area (Å²) in [6.45, 7) is 2.95. The Balaban J connectivity index is 2.68. The third-order valence-corrected chi connectivity index (χ3v) is 3.47. The van der Waals surface area contributed by atoms with Crippen LogP contribution in [0.15, 0.2) is 17.6 Å². The van der Waals surface area contributed by atoms with E-state index < -0.39 is 10.0 Å². The summed E-state index contributed by atoms with van der Waals surface area (Å²) in [5, 5.41) is 0.0546. The van der Waals surface area contributed by atoms with E-state index in [1.54, 1.807) is 4.57 Å². The molecule has 0 radical (unpaired) electrons. The van der Waals surface area contributed by atoms with E-state index in [9.17, 15) is 8.42 Å². The van der Waals surface area contributed by atoms with E-state index in [1.807, 2.05) is 6.92 Å². The lowest BCUT2D eigenvalue weighted by Crippen LogP contribution is -2.25. The fraction of sp³-hybridized carbons (Fsp3) is 0.625. The van der Waals surface area contributed by atoms with Crippen molar-refractivity contribution in [1.29, 1.82) is 0 Å². The lowest BCUT2D eigenvalue weighted by molar-refractivity contribution is 0.577. The Morgan fingerprint density at radius 1 is 1.60 bits per heavy atom. The van der Waals surface area contributed by atoms with Crippen molar-refractivity contribution in [2.75, 3.05) is 12.4 Å². The Morgan fingerprint density at radius 3 is 2.87 bits per heavy atom. The Hall–Kier alpha value is -0.590. The number of aryl methyl sites for hydroxylation is 1. The predicted molar refractivity (Wildman–Crippen MR) is 58.4 cm³/mol. The molecule has 0 bridgehead atoms. The minimum atomic E-state index is -3.46. The first-order chi connectivity index (χ1) is 7.10. The molecular formula is C8H14ClN3O2S. The van der Waals surface area contributed by atoms with Crippen molar-refractivity contribution in [1.82, 2.24) is 14.3 Å². The Labute approximate surface area is 94.5 Å². The van der Waals surface area contributed by atoms with Gasteiger partial charge in [-0.25, -0.2) is 18.1 Å². The van der Waals surface area contributed by atoms with Gasteiger partial charge >= 0.3 is 0 Å². The van der Waals surface area contributed by atoms with Crippen molar-refractivity contribution in [3.05, 3.63) is 12.5 Å². The molecule has 0 aliphatic rings. The number of imidazole rings is 1. The van der Waals surface area contributed by atoms with Crippen LogP contribution in [0.1, 0.15) is 13.3 Å². The smallest absolute Gasteiger partial charge is 0.259 e. The summed E-state index contributed by atoms with van der Waals surface area (Å²) in [5.74, 6) is 0.436. The molecule has 1 rings (SSSR count). The molecule has 7 heteroatoms. The molecule has 0 amide bonds. The van der Waals surface area contributed by atoms with Crippen LogP contribution in [-0.4, -0.2) is 30.4 Å². The molecule has 0 unspecified atom stereocenters. The highest BCUT2D eigenvalue weighted by atomic mass is 35.5. The monoisotopic (exact) mass is 251 g/mol. The Kier molecular flexibility index (Phi) is 4.56. The Bertz CT molecular complexity index is 402. The van der Waals surface area contributed by atoms with E-state index in [2.05, 4.69) is 9.71 Å². The molecule has 0 fully saturated rings. The molecule has 0 aliphatic carbocycles. The molecule has 0 saturated carbocycles. The molecule has 0 aromatic carbocycles. The van der Waals surface area contributed by atoms with Gasteiger partial charge < -0.3 is 4.57 Å². The van der Waals surface area contributed by atoms with Gasteiger partial charge in [0, 0.05) is 25.2 Å². The SMILES string of the molecule is CCn1cnc(S(=O)(=O)NCCCCl)c1. The molecule has 5 nitrogen and oxygen atoms in total. The topological polar surface area (TPSA) is 64.0 Å². The van der Waals surface area contributed by atoms with Gasteiger partial charge in [-0.3, -0.25) is 0 Å². The van der Waals surface area contributed by atoms with Crippen molar-refractivity contribution in [3.63, 3.8) is 0 Å². The van der Waals surface area contributed by atoms with E-state index in [1.165, 1.54) is 12.5 Å². The second-order valence-electron chi connectivity index (χ2n) is 2.98. The molecule has 1 aromatic heterocycles. The first-order valence-corrected chi connectivity index (χ1v) is 6.69. The third kappa shape index (κ3) is 3.48. The maximum Gasteiger partial charge on any atom is 0.259 e. The lowest BCUT2D eigenvalue weighted by atomic mass is 10.5. The second kappa shape index (κ2) is 5.48. The first-order valence-electron chi connectivity index (χ1n) is 4.67. The van der Waals surface area contributed by atoms with Crippen molar-refractivity contribution in [2.24, 2.45) is 0 Å². The summed E-state index contributed by atoms with van der Waals surface area (Å²) in [6.07, 6.45) is 3.61. The molecule has 86 valence electrons. The van der Waals surface area contributed by atoms with Crippen LogP contribution in [0, 0.1) is 0 Å². The van der Waals surface area contributed by atoms with Gasteiger partial charge in [0.05, 0.1) is 6.33 Å².